The summed E-state index contributed by atoms with van der Waals surface area (Å²) < 4.78 is 369. The van der Waals surface area contributed by atoms with Gasteiger partial charge in [0.05, 0.1) is 6.61 Å². The molecule has 1 radical (unpaired) electrons. The van der Waals surface area contributed by atoms with E-state index in [0.29, 0.717) is 0 Å². The van der Waals surface area contributed by atoms with E-state index in [1.807, 2.05) is 0 Å². The second-order valence-electron chi connectivity index (χ2n) is 9.87. The van der Waals surface area contributed by atoms with Crippen LogP contribution >= 0.6 is 0 Å². The Morgan fingerprint density at radius 2 is 0.620 bits per heavy atom. The number of hydrogen-bond acceptors (Lipinski definition) is 0. The number of hydrogen-bond donors (Lipinski definition) is 0. The Kier molecular flexibility index (Phi) is 11.3. The highest BCUT2D eigenvalue weighted by Gasteiger charge is 2.85. The van der Waals surface area contributed by atoms with Gasteiger partial charge in [-0.15, -0.1) is 0 Å². The van der Waals surface area contributed by atoms with Crippen LogP contribution in [0.25, 0.3) is 0 Å². The molecular weight excluding hydrogens is 793 g/mol. The summed E-state index contributed by atoms with van der Waals surface area (Å²) in [6.07, 6.45) is -29.3. The van der Waals surface area contributed by atoms with Crippen LogP contribution in [-0.4, -0.2) is 60.7 Å². The molecule has 1 aromatic carbocycles. The summed E-state index contributed by atoms with van der Waals surface area (Å²) in [6.45, 7) is -1.63. The van der Waals surface area contributed by atoms with Crippen LogP contribution in [0.3, 0.4) is 0 Å². The minimum atomic E-state index is -8.37. The van der Waals surface area contributed by atoms with Gasteiger partial charge in [0.1, 0.15) is 0 Å². The molecule has 0 aromatic heterocycles. The highest BCUT2D eigenvalue weighted by atomic mass is 19.4. The van der Waals surface area contributed by atoms with Gasteiger partial charge in [0.25, 0.3) is 0 Å². The molecule has 0 aliphatic rings. The van der Waals surface area contributed by atoms with Gasteiger partial charge in [0.15, 0.2) is 0 Å². The van der Waals surface area contributed by atoms with Gasteiger partial charge < -0.3 is 0 Å². The van der Waals surface area contributed by atoms with Gasteiger partial charge in [0, 0.05) is 16.7 Å². The molecule has 28 heteroatoms. The van der Waals surface area contributed by atoms with Crippen LogP contribution in [0.15, 0.2) is 12.1 Å². The van der Waals surface area contributed by atoms with Gasteiger partial charge in [-0.05, 0) is 37.0 Å². The monoisotopic (exact) mass is 803 g/mol. The largest absolute Gasteiger partial charge is 0.460 e. The fourth-order valence-electron chi connectivity index (χ4n) is 3.73. The molecule has 0 unspecified atom stereocenters. The van der Waals surface area contributed by atoms with Gasteiger partial charge in [-0.2, -0.15) is 119 Å². The minimum Gasteiger partial charge on any atom is -0.237 e. The van der Waals surface area contributed by atoms with E-state index in [-0.39, 0.29) is 0 Å². The number of halogens is 27. The van der Waals surface area contributed by atoms with E-state index >= 15 is 0 Å². The van der Waals surface area contributed by atoms with E-state index in [0.717, 1.165) is 0 Å². The molecule has 50 heavy (non-hydrogen) atoms. The van der Waals surface area contributed by atoms with Crippen molar-refractivity contribution in [2.45, 2.75) is 91.1 Å². The predicted octanol–water partition coefficient (Wildman–Crippen LogP) is 11.2. The van der Waals surface area contributed by atoms with E-state index in [9.17, 15) is 124 Å². The first-order chi connectivity index (χ1) is 21.5. The van der Waals surface area contributed by atoms with Crippen molar-refractivity contribution in [3.63, 3.8) is 0 Å². The lowest BCUT2D eigenvalue weighted by Crippen LogP contribution is -2.61. The van der Waals surface area contributed by atoms with Crippen LogP contribution < -0.4 is 0 Å². The van der Waals surface area contributed by atoms with Crippen molar-refractivity contribution < 1.29 is 124 Å². The summed E-state index contributed by atoms with van der Waals surface area (Å²) in [5.41, 5.74) is -16.1. The van der Waals surface area contributed by atoms with E-state index in [2.05, 4.69) is 0 Å². The van der Waals surface area contributed by atoms with E-state index in [1.165, 1.54) is 0 Å². The molecule has 0 fully saturated rings. The zero-order valence-electron chi connectivity index (χ0n) is 22.6. The Morgan fingerprint density at radius 1 is 0.360 bits per heavy atom. The third kappa shape index (κ3) is 6.46. The summed E-state index contributed by atoms with van der Waals surface area (Å²) in [4.78, 5) is 0. The molecule has 0 spiro atoms. The molecule has 0 amide bonds. The van der Waals surface area contributed by atoms with Crippen LogP contribution in [-0.2, 0) is 29.3 Å². The third-order valence-electron chi connectivity index (χ3n) is 6.54. The molecule has 0 heterocycles. The maximum Gasteiger partial charge on any atom is 0.460 e. The van der Waals surface area contributed by atoms with Gasteiger partial charge in [-0.25, -0.2) is 5.11 Å². The van der Waals surface area contributed by atoms with Crippen molar-refractivity contribution in [3.05, 3.63) is 34.4 Å². The normalized spacial score (nSPS) is 15.9. The SMILES string of the molecule is [O]CCCCc1c(C(F)(F)C(F)(F)C(F)(F)C(F)(F)F)cc(C(F)(F)C(F)(F)C(F)(F)C(F)(F)F)cc1C(F)(F)C(F)(F)C(F)(F)C(F)(F)F. The molecule has 0 atom stereocenters. The maximum absolute atomic E-state index is 15.0. The van der Waals surface area contributed by atoms with Crippen LogP contribution in [0.1, 0.15) is 35.1 Å². The van der Waals surface area contributed by atoms with Crippen molar-refractivity contribution in [1.29, 1.82) is 0 Å². The quantitative estimate of drug-likeness (QED) is 0.140. The predicted molar refractivity (Wildman–Crippen MR) is 104 cm³/mol. The molecule has 0 saturated carbocycles. The smallest absolute Gasteiger partial charge is 0.237 e. The van der Waals surface area contributed by atoms with Crippen LogP contribution in [0.4, 0.5) is 119 Å². The number of benzene rings is 1. The zero-order chi connectivity index (χ0) is 40.6. The van der Waals surface area contributed by atoms with Gasteiger partial charge in [-0.3, -0.25) is 0 Å². The summed E-state index contributed by atoms with van der Waals surface area (Å²) in [5, 5.41) is 10.6. The lowest BCUT2D eigenvalue weighted by atomic mass is 9.81. The van der Waals surface area contributed by atoms with Gasteiger partial charge >= 0.3 is 71.8 Å². The molecule has 0 bridgehead atoms. The van der Waals surface area contributed by atoms with Crippen molar-refractivity contribution >= 4 is 0 Å². The Balaban J connectivity index is 4.79. The molecule has 0 N–H and O–H groups in total. The highest BCUT2D eigenvalue weighted by molar-refractivity contribution is 5.48. The van der Waals surface area contributed by atoms with E-state index in [1.54, 1.807) is 0 Å². The Hall–Kier alpha value is -2.71. The van der Waals surface area contributed by atoms with Crippen molar-refractivity contribution in [2.75, 3.05) is 6.61 Å². The first-order valence-electron chi connectivity index (χ1n) is 11.9. The van der Waals surface area contributed by atoms with E-state index in [4.69, 9.17) is 0 Å². The van der Waals surface area contributed by atoms with Crippen LogP contribution in [0.5, 0.6) is 0 Å². The average Bonchev–Trinajstić information content (AvgIpc) is 2.90. The molecule has 1 nitrogen and oxygen atoms in total. The van der Waals surface area contributed by atoms with Crippen molar-refractivity contribution in [3.8, 4) is 0 Å². The molecule has 0 saturated heterocycles. The summed E-state index contributed by atoms with van der Waals surface area (Å²) in [6, 6.07) is -4.38. The summed E-state index contributed by atoms with van der Waals surface area (Å²) in [7, 11) is 0. The summed E-state index contributed by atoms with van der Waals surface area (Å²) in [5.74, 6) is -73.7. The Bertz CT molecular complexity index is 1290. The number of alkyl halides is 27. The van der Waals surface area contributed by atoms with Crippen molar-refractivity contribution in [1.82, 2.24) is 0 Å². The van der Waals surface area contributed by atoms with Gasteiger partial charge in [0.2, 0.25) is 0 Å². The lowest BCUT2D eigenvalue weighted by molar-refractivity contribution is -0.401. The fraction of sp³-hybridized carbons (Fsp3) is 0.727. The van der Waals surface area contributed by atoms with E-state index < -0.39 is 132 Å². The topological polar surface area (TPSA) is 19.9 Å². The molecule has 293 valence electrons. The first-order valence-corrected chi connectivity index (χ1v) is 11.9. The minimum absolute atomic E-state index is 1.30. The second kappa shape index (κ2) is 12.5. The van der Waals surface area contributed by atoms with Gasteiger partial charge in [-0.1, -0.05) is 0 Å². The van der Waals surface area contributed by atoms with Crippen molar-refractivity contribution in [2.24, 2.45) is 0 Å². The second-order valence-corrected chi connectivity index (χ2v) is 9.87. The zero-order valence-corrected chi connectivity index (χ0v) is 22.6. The Morgan fingerprint density at radius 3 is 0.860 bits per heavy atom. The molecule has 1 aromatic rings. The third-order valence-corrected chi connectivity index (χ3v) is 6.54. The maximum atomic E-state index is 15.0. The number of unbranched alkanes of at least 4 members (excludes halogenated alkanes) is 1. The first kappa shape index (κ1) is 45.3. The standard InChI is InChI=1S/C22H10F27O/c23-11(24,14(29,30)17(35,36)20(41,42)43)7-5-9(12(25,26)15(31,32)18(37,38)21(44,45)46)8(3-1-2-4-50)10(6-7)13(27,28)16(33,34)19(39,40)22(47,48)49/h5-6H,1-4H2. The molecule has 0 aliphatic carbocycles. The average molecular weight is 803 g/mol. The summed E-state index contributed by atoms with van der Waals surface area (Å²) >= 11 is 0. The highest BCUT2D eigenvalue weighted by Crippen LogP contribution is 2.63. The Labute approximate surface area is 257 Å². The van der Waals surface area contributed by atoms with Crippen LogP contribution in [0, 0.1) is 0 Å². The lowest BCUT2D eigenvalue weighted by Gasteiger charge is -2.39. The number of rotatable bonds is 13. The fourth-order valence-corrected chi connectivity index (χ4v) is 3.73. The molecule has 0 aliphatic heterocycles. The molecular formula is C22H10F27O. The molecule has 1 rings (SSSR count). The van der Waals surface area contributed by atoms with Crippen LogP contribution in [0.2, 0.25) is 0 Å².